The first-order valence-corrected chi connectivity index (χ1v) is 5.48. The molecule has 1 aromatic rings. The van der Waals surface area contributed by atoms with Gasteiger partial charge in [-0.05, 0) is 31.9 Å². The second-order valence-electron chi connectivity index (χ2n) is 3.82. The van der Waals surface area contributed by atoms with E-state index in [2.05, 4.69) is 10.5 Å². The van der Waals surface area contributed by atoms with Crippen LogP contribution in [0.5, 0.6) is 0 Å². The molecule has 1 rings (SSSR count). The molecule has 0 saturated heterocycles. The first-order valence-electron chi connectivity index (χ1n) is 5.07. The molecule has 0 amide bonds. The third kappa shape index (κ3) is 3.26. The van der Waals surface area contributed by atoms with Gasteiger partial charge in [0, 0.05) is 0 Å². The largest absolute Gasteiger partial charge is 0.387 e. The van der Waals surface area contributed by atoms with Crippen molar-refractivity contribution in [2.24, 2.45) is 10.8 Å². The highest BCUT2D eigenvalue weighted by Crippen LogP contribution is 2.21. The normalized spacial score (nSPS) is 10.8. The summed E-state index contributed by atoms with van der Waals surface area (Å²) in [4.78, 5) is -0.0117. The van der Waals surface area contributed by atoms with Crippen LogP contribution in [0.2, 0.25) is 0 Å². The van der Waals surface area contributed by atoms with Gasteiger partial charge in [-0.25, -0.2) is 0 Å². The summed E-state index contributed by atoms with van der Waals surface area (Å²) in [5, 5.41) is 12.7. The minimum absolute atomic E-state index is 0.0117. The summed E-state index contributed by atoms with van der Waals surface area (Å²) in [7, 11) is 0. The Morgan fingerprint density at radius 1 is 1.35 bits per heavy atom. The van der Waals surface area contributed by atoms with Gasteiger partial charge in [-0.1, -0.05) is 29.9 Å². The molecule has 88 valence electrons. The molecule has 4 nitrogen and oxygen atoms in total. The Hall–Kier alpha value is -1.93. The van der Waals surface area contributed by atoms with Gasteiger partial charge in [-0.15, -0.1) is 0 Å². The van der Waals surface area contributed by atoms with Crippen LogP contribution in [0.25, 0.3) is 0 Å². The maximum absolute atomic E-state index is 8.77. The second-order valence-corrected chi connectivity index (χ2v) is 4.26. The topological polar surface area (TPSA) is 74.2 Å². The molecule has 0 aliphatic rings. The van der Waals surface area contributed by atoms with E-state index in [9.17, 15) is 0 Å². The maximum Gasteiger partial charge on any atom is 0.194 e. The number of nitriles is 1. The van der Waals surface area contributed by atoms with Crippen LogP contribution < -0.4 is 11.2 Å². The van der Waals surface area contributed by atoms with Crippen LogP contribution in [0, 0.1) is 32.1 Å². The lowest BCUT2D eigenvalue weighted by Gasteiger charge is -2.10. The van der Waals surface area contributed by atoms with Crippen molar-refractivity contribution in [3.05, 3.63) is 28.8 Å². The fourth-order valence-electron chi connectivity index (χ4n) is 1.60. The van der Waals surface area contributed by atoms with Crippen LogP contribution in [0.4, 0.5) is 5.69 Å². The number of nitrogens with two attached hydrogens (primary N) is 1. The predicted molar refractivity (Wildman–Crippen MR) is 74.1 cm³/mol. The van der Waals surface area contributed by atoms with Crippen molar-refractivity contribution in [3.63, 3.8) is 0 Å². The van der Waals surface area contributed by atoms with Crippen LogP contribution in [0.15, 0.2) is 17.2 Å². The van der Waals surface area contributed by atoms with Gasteiger partial charge in [0.1, 0.15) is 11.1 Å². The summed E-state index contributed by atoms with van der Waals surface area (Å²) in [6.45, 7) is 5.98. The number of benzene rings is 1. The lowest BCUT2D eigenvalue weighted by atomic mass is 10.1. The molecular weight excluding hydrogens is 232 g/mol. The van der Waals surface area contributed by atoms with Gasteiger partial charge in [-0.3, -0.25) is 5.43 Å². The van der Waals surface area contributed by atoms with Crippen LogP contribution >= 0.6 is 12.2 Å². The summed E-state index contributed by atoms with van der Waals surface area (Å²) in [5.74, 6) is 0. The van der Waals surface area contributed by atoms with Crippen molar-refractivity contribution in [1.29, 1.82) is 5.26 Å². The molecule has 0 heterocycles. The molecular formula is C12H14N4S. The summed E-state index contributed by atoms with van der Waals surface area (Å²) >= 11 is 4.70. The minimum atomic E-state index is -0.0117. The minimum Gasteiger partial charge on any atom is -0.387 e. The van der Waals surface area contributed by atoms with Gasteiger partial charge in [0.05, 0.1) is 5.69 Å². The SMILES string of the molecule is Cc1cc(C)c(NN=C(C#N)C(N)=S)c(C)c1. The third-order valence-corrected chi connectivity index (χ3v) is 2.49. The number of hydrogen-bond acceptors (Lipinski definition) is 4. The monoisotopic (exact) mass is 246 g/mol. The lowest BCUT2D eigenvalue weighted by molar-refractivity contribution is 1.25. The molecule has 17 heavy (non-hydrogen) atoms. The van der Waals surface area contributed by atoms with E-state index in [1.807, 2.05) is 39.0 Å². The number of nitrogens with zero attached hydrogens (tertiary/aromatic N) is 2. The Morgan fingerprint density at radius 3 is 2.29 bits per heavy atom. The van der Waals surface area contributed by atoms with Crippen LogP contribution in [0.1, 0.15) is 16.7 Å². The summed E-state index contributed by atoms with van der Waals surface area (Å²) < 4.78 is 0. The van der Waals surface area contributed by atoms with Crippen LogP contribution in [-0.4, -0.2) is 10.7 Å². The highest BCUT2D eigenvalue weighted by Gasteiger charge is 2.05. The maximum atomic E-state index is 8.77. The number of anilines is 1. The highest BCUT2D eigenvalue weighted by molar-refractivity contribution is 7.82. The Bertz CT molecular complexity index is 503. The molecule has 0 saturated carbocycles. The molecule has 0 fully saturated rings. The molecule has 0 unspecified atom stereocenters. The Morgan fingerprint density at radius 2 is 1.88 bits per heavy atom. The van der Waals surface area contributed by atoms with E-state index in [1.54, 1.807) is 0 Å². The molecule has 0 radical (unpaired) electrons. The Balaban J connectivity index is 3.05. The fourth-order valence-corrected chi connectivity index (χ4v) is 1.69. The predicted octanol–water partition coefficient (Wildman–Crippen LogP) is 2.19. The van der Waals surface area contributed by atoms with Gasteiger partial charge >= 0.3 is 0 Å². The molecule has 5 heteroatoms. The Labute approximate surface area is 106 Å². The van der Waals surface area contributed by atoms with Crippen molar-refractivity contribution in [2.45, 2.75) is 20.8 Å². The number of nitrogens with one attached hydrogen (secondary N) is 1. The van der Waals surface area contributed by atoms with Gasteiger partial charge in [0.15, 0.2) is 5.71 Å². The summed E-state index contributed by atoms with van der Waals surface area (Å²) in [6.07, 6.45) is 0. The van der Waals surface area contributed by atoms with E-state index in [0.29, 0.717) is 0 Å². The molecule has 0 aliphatic carbocycles. The van der Waals surface area contributed by atoms with Gasteiger partial charge in [0.25, 0.3) is 0 Å². The number of hydrazone groups is 1. The zero-order chi connectivity index (χ0) is 13.0. The first-order chi connectivity index (χ1) is 7.95. The van der Waals surface area contributed by atoms with E-state index in [-0.39, 0.29) is 10.7 Å². The zero-order valence-electron chi connectivity index (χ0n) is 10.0. The molecule has 0 spiro atoms. The van der Waals surface area contributed by atoms with Crippen molar-refractivity contribution in [1.82, 2.24) is 0 Å². The standard InChI is InChI=1S/C12H14N4S/c1-7-4-8(2)11(9(3)5-7)16-15-10(6-13)12(14)17/h4-5,16H,1-3H3,(H2,14,17). The number of hydrogen-bond donors (Lipinski definition) is 2. The molecule has 3 N–H and O–H groups in total. The number of aryl methyl sites for hydroxylation is 3. The Kier molecular flexibility index (Phi) is 4.18. The fraction of sp³-hybridized carbons (Fsp3) is 0.250. The smallest absolute Gasteiger partial charge is 0.194 e. The molecule has 0 atom stereocenters. The van der Waals surface area contributed by atoms with Crippen molar-refractivity contribution in [2.75, 3.05) is 5.43 Å². The quantitative estimate of drug-likeness (QED) is 0.487. The molecule has 0 bridgehead atoms. The van der Waals surface area contributed by atoms with Crippen LogP contribution in [0.3, 0.4) is 0 Å². The van der Waals surface area contributed by atoms with E-state index in [1.165, 1.54) is 5.56 Å². The van der Waals surface area contributed by atoms with E-state index < -0.39 is 0 Å². The number of rotatable bonds is 3. The van der Waals surface area contributed by atoms with E-state index in [4.69, 9.17) is 23.2 Å². The average molecular weight is 246 g/mol. The lowest BCUT2D eigenvalue weighted by Crippen LogP contribution is -2.20. The second kappa shape index (κ2) is 5.41. The van der Waals surface area contributed by atoms with Gasteiger partial charge in [-0.2, -0.15) is 10.4 Å². The molecule has 1 aromatic carbocycles. The van der Waals surface area contributed by atoms with Gasteiger partial charge < -0.3 is 5.73 Å². The summed E-state index contributed by atoms with van der Waals surface area (Å²) in [5.41, 5.74) is 12.4. The third-order valence-electron chi connectivity index (χ3n) is 2.30. The molecule has 0 aliphatic heterocycles. The van der Waals surface area contributed by atoms with E-state index >= 15 is 0 Å². The van der Waals surface area contributed by atoms with Crippen LogP contribution in [-0.2, 0) is 0 Å². The van der Waals surface area contributed by atoms with Gasteiger partial charge in [0.2, 0.25) is 0 Å². The van der Waals surface area contributed by atoms with Crippen molar-refractivity contribution in [3.8, 4) is 6.07 Å². The molecule has 0 aromatic heterocycles. The average Bonchev–Trinajstić information content (AvgIpc) is 2.21. The zero-order valence-corrected chi connectivity index (χ0v) is 10.9. The van der Waals surface area contributed by atoms with E-state index in [0.717, 1.165) is 16.8 Å². The van der Waals surface area contributed by atoms with Crippen molar-refractivity contribution >= 4 is 28.6 Å². The summed E-state index contributed by atoms with van der Waals surface area (Å²) in [6, 6.07) is 5.92. The number of thiocarbonyl (C=S) groups is 1. The van der Waals surface area contributed by atoms with Crippen molar-refractivity contribution < 1.29 is 0 Å². The first kappa shape index (κ1) is 13.1. The highest BCUT2D eigenvalue weighted by atomic mass is 32.1.